The SMILES string of the molecule is CN1C(=O)C2(CC(=O)Nc3[nH]ncc32)c2cc(Cl)ccc21. The van der Waals surface area contributed by atoms with Crippen LogP contribution < -0.4 is 10.2 Å². The molecule has 0 fully saturated rings. The quantitative estimate of drug-likeness (QED) is 0.777. The Kier molecular flexibility index (Phi) is 2.28. The molecule has 2 aliphatic heterocycles. The first-order chi connectivity index (χ1) is 10.0. The molecule has 0 aliphatic carbocycles. The predicted molar refractivity (Wildman–Crippen MR) is 77.5 cm³/mol. The molecule has 1 aromatic heterocycles. The van der Waals surface area contributed by atoms with Crippen molar-refractivity contribution in [3.8, 4) is 0 Å². The smallest absolute Gasteiger partial charge is 0.242 e. The van der Waals surface area contributed by atoms with E-state index in [2.05, 4.69) is 15.5 Å². The number of hydrogen-bond acceptors (Lipinski definition) is 3. The highest BCUT2D eigenvalue weighted by Gasteiger charge is 2.55. The third-order valence-corrected chi connectivity index (χ3v) is 4.47. The Morgan fingerprint density at radius 2 is 2.14 bits per heavy atom. The van der Waals surface area contributed by atoms with Crippen LogP contribution in [0.1, 0.15) is 17.5 Å². The normalized spacial score (nSPS) is 23.2. The summed E-state index contributed by atoms with van der Waals surface area (Å²) in [7, 11) is 1.70. The number of aromatic nitrogens is 2. The van der Waals surface area contributed by atoms with Crippen molar-refractivity contribution in [3.05, 3.63) is 40.5 Å². The number of nitrogens with zero attached hydrogens (tertiary/aromatic N) is 2. The van der Waals surface area contributed by atoms with Crippen LogP contribution in [0.25, 0.3) is 0 Å². The van der Waals surface area contributed by atoms with Crippen LogP contribution in [-0.2, 0) is 15.0 Å². The fourth-order valence-corrected chi connectivity index (χ4v) is 3.48. The summed E-state index contributed by atoms with van der Waals surface area (Å²) in [6, 6.07) is 5.30. The summed E-state index contributed by atoms with van der Waals surface area (Å²) in [5.74, 6) is 0.111. The van der Waals surface area contributed by atoms with E-state index in [1.807, 2.05) is 0 Å². The van der Waals surface area contributed by atoms with Crippen molar-refractivity contribution in [1.82, 2.24) is 10.2 Å². The lowest BCUT2D eigenvalue weighted by Gasteiger charge is -2.31. The van der Waals surface area contributed by atoms with E-state index in [4.69, 9.17) is 11.6 Å². The number of rotatable bonds is 0. The summed E-state index contributed by atoms with van der Waals surface area (Å²) in [4.78, 5) is 26.6. The average molecular weight is 303 g/mol. The maximum atomic E-state index is 12.9. The first-order valence-corrected chi connectivity index (χ1v) is 6.84. The van der Waals surface area contributed by atoms with Crippen LogP contribution in [0.2, 0.25) is 5.02 Å². The van der Waals surface area contributed by atoms with Gasteiger partial charge in [0, 0.05) is 29.7 Å². The standard InChI is InChI=1S/C14H11ClN4O2/c1-19-10-3-2-7(15)4-8(10)14(13(19)21)5-11(20)17-12-9(14)6-16-18-12/h2-4,6H,5H2,1H3,(H2,16,17,18,20). The second-order valence-electron chi connectivity index (χ2n) is 5.31. The molecule has 0 saturated heterocycles. The predicted octanol–water partition coefficient (Wildman–Crippen LogP) is 1.67. The van der Waals surface area contributed by atoms with Crippen molar-refractivity contribution < 1.29 is 9.59 Å². The summed E-state index contributed by atoms with van der Waals surface area (Å²) < 4.78 is 0. The number of benzene rings is 1. The lowest BCUT2D eigenvalue weighted by molar-refractivity contribution is -0.126. The van der Waals surface area contributed by atoms with Crippen molar-refractivity contribution in [1.29, 1.82) is 0 Å². The molecule has 4 rings (SSSR count). The van der Waals surface area contributed by atoms with Crippen LogP contribution in [0.15, 0.2) is 24.4 Å². The summed E-state index contributed by atoms with van der Waals surface area (Å²) in [5, 5.41) is 9.95. The zero-order valence-electron chi connectivity index (χ0n) is 11.1. The number of likely N-dealkylation sites (N-methyl/N-ethyl adjacent to an activating group) is 1. The molecule has 2 aromatic rings. The number of amides is 2. The Balaban J connectivity index is 2.08. The molecule has 1 unspecified atom stereocenters. The second kappa shape index (κ2) is 3.85. The lowest BCUT2D eigenvalue weighted by atomic mass is 9.72. The van der Waals surface area contributed by atoms with Gasteiger partial charge in [-0.3, -0.25) is 14.7 Å². The minimum absolute atomic E-state index is 0.0516. The van der Waals surface area contributed by atoms with E-state index in [1.54, 1.807) is 36.3 Å². The lowest BCUT2D eigenvalue weighted by Crippen LogP contribution is -2.45. The maximum absolute atomic E-state index is 12.9. The minimum Gasteiger partial charge on any atom is -0.314 e. The summed E-state index contributed by atoms with van der Waals surface area (Å²) in [6.45, 7) is 0. The van der Waals surface area contributed by atoms with Gasteiger partial charge in [0.05, 0.1) is 6.20 Å². The molecule has 2 amide bonds. The highest BCUT2D eigenvalue weighted by Crippen LogP contribution is 2.51. The van der Waals surface area contributed by atoms with Gasteiger partial charge >= 0.3 is 0 Å². The van der Waals surface area contributed by atoms with E-state index in [9.17, 15) is 9.59 Å². The van der Waals surface area contributed by atoms with E-state index in [0.717, 1.165) is 11.3 Å². The van der Waals surface area contributed by atoms with Gasteiger partial charge in [0.2, 0.25) is 11.8 Å². The molecule has 0 radical (unpaired) electrons. The first kappa shape index (κ1) is 12.4. The molecule has 0 bridgehead atoms. The van der Waals surface area contributed by atoms with Crippen molar-refractivity contribution >= 4 is 34.9 Å². The molecule has 1 atom stereocenters. The van der Waals surface area contributed by atoms with Crippen molar-refractivity contribution in [3.63, 3.8) is 0 Å². The van der Waals surface area contributed by atoms with E-state index < -0.39 is 5.41 Å². The van der Waals surface area contributed by atoms with Crippen molar-refractivity contribution in [2.45, 2.75) is 11.8 Å². The molecule has 21 heavy (non-hydrogen) atoms. The topological polar surface area (TPSA) is 78.1 Å². The number of aromatic amines is 1. The largest absolute Gasteiger partial charge is 0.314 e. The van der Waals surface area contributed by atoms with Crippen LogP contribution in [0.3, 0.4) is 0 Å². The van der Waals surface area contributed by atoms with Crippen LogP contribution >= 0.6 is 11.6 Å². The van der Waals surface area contributed by atoms with Gasteiger partial charge < -0.3 is 10.2 Å². The number of nitrogens with one attached hydrogen (secondary N) is 2. The summed E-state index contributed by atoms with van der Waals surface area (Å²) in [5.41, 5.74) is 1.16. The highest BCUT2D eigenvalue weighted by atomic mass is 35.5. The number of hydrogen-bond donors (Lipinski definition) is 2. The van der Waals surface area contributed by atoms with Gasteiger partial charge in [0.1, 0.15) is 11.2 Å². The number of carbonyl (C=O) groups is 2. The van der Waals surface area contributed by atoms with Crippen LogP contribution in [-0.4, -0.2) is 29.1 Å². The number of carbonyl (C=O) groups excluding carboxylic acids is 2. The van der Waals surface area contributed by atoms with Crippen molar-refractivity contribution in [2.75, 3.05) is 17.3 Å². The Morgan fingerprint density at radius 3 is 2.95 bits per heavy atom. The van der Waals surface area contributed by atoms with Crippen LogP contribution in [0, 0.1) is 0 Å². The molecule has 7 heteroatoms. The van der Waals surface area contributed by atoms with E-state index in [-0.39, 0.29) is 18.2 Å². The number of halogens is 1. The fourth-order valence-electron chi connectivity index (χ4n) is 3.31. The molecular formula is C14H11ClN4O2. The van der Waals surface area contributed by atoms with E-state index in [0.29, 0.717) is 16.4 Å². The van der Waals surface area contributed by atoms with Crippen LogP contribution in [0.4, 0.5) is 11.5 Å². The fraction of sp³-hybridized carbons (Fsp3) is 0.214. The van der Waals surface area contributed by atoms with Crippen molar-refractivity contribution in [2.24, 2.45) is 0 Å². The third kappa shape index (κ3) is 1.40. The summed E-state index contributed by atoms with van der Waals surface area (Å²) in [6.07, 6.45) is 1.65. The van der Waals surface area contributed by atoms with E-state index in [1.165, 1.54) is 0 Å². The summed E-state index contributed by atoms with van der Waals surface area (Å²) >= 11 is 6.10. The molecule has 1 spiro atoms. The molecular weight excluding hydrogens is 292 g/mol. The Labute approximate surface area is 125 Å². The molecule has 3 heterocycles. The third-order valence-electron chi connectivity index (χ3n) is 4.24. The van der Waals surface area contributed by atoms with Gasteiger partial charge in [-0.05, 0) is 23.8 Å². The van der Waals surface area contributed by atoms with Gasteiger partial charge in [0.25, 0.3) is 0 Å². The molecule has 0 saturated carbocycles. The average Bonchev–Trinajstić information content (AvgIpc) is 2.99. The molecule has 6 nitrogen and oxygen atoms in total. The van der Waals surface area contributed by atoms with Gasteiger partial charge in [0.15, 0.2) is 0 Å². The number of anilines is 2. The van der Waals surface area contributed by atoms with Crippen LogP contribution in [0.5, 0.6) is 0 Å². The Bertz CT molecular complexity index is 800. The van der Waals surface area contributed by atoms with E-state index >= 15 is 0 Å². The monoisotopic (exact) mass is 302 g/mol. The highest BCUT2D eigenvalue weighted by molar-refractivity contribution is 6.31. The maximum Gasteiger partial charge on any atom is 0.242 e. The van der Waals surface area contributed by atoms with Gasteiger partial charge in [-0.25, -0.2) is 0 Å². The number of H-pyrrole nitrogens is 1. The first-order valence-electron chi connectivity index (χ1n) is 6.46. The van der Waals surface area contributed by atoms with Gasteiger partial charge in [-0.2, -0.15) is 5.10 Å². The molecule has 2 N–H and O–H groups in total. The molecule has 106 valence electrons. The molecule has 2 aliphatic rings. The van der Waals surface area contributed by atoms with Gasteiger partial charge in [-0.15, -0.1) is 0 Å². The second-order valence-corrected chi connectivity index (χ2v) is 5.75. The Morgan fingerprint density at radius 1 is 1.33 bits per heavy atom. The minimum atomic E-state index is -1.04. The van der Waals surface area contributed by atoms with Gasteiger partial charge in [-0.1, -0.05) is 11.6 Å². The zero-order chi connectivity index (χ0) is 14.8. The zero-order valence-corrected chi connectivity index (χ0v) is 11.9. The Hall–Kier alpha value is -2.34. The molecule has 1 aromatic carbocycles. The number of fused-ring (bicyclic) bond motifs is 4.